The average Bonchev–Trinajstić information content (AvgIpc) is 2.06. The quantitative estimate of drug-likeness (QED) is 0.633. The number of aliphatic carboxylic acids is 1. The fourth-order valence-corrected chi connectivity index (χ4v) is 1.26. The number of hydrogen-bond donors (Lipinski definition) is 1. The van der Waals surface area contributed by atoms with Crippen LogP contribution in [0.5, 0.6) is 0 Å². The zero-order chi connectivity index (χ0) is 8.97. The first kappa shape index (κ1) is 9.19. The third kappa shape index (κ3) is 2.62. The molecule has 1 aliphatic heterocycles. The van der Waals surface area contributed by atoms with Crippen LogP contribution in [0.4, 0.5) is 0 Å². The summed E-state index contributed by atoms with van der Waals surface area (Å²) < 4.78 is 5.21. The smallest absolute Gasteiger partial charge is 0.372 e. The lowest BCUT2D eigenvalue weighted by Gasteiger charge is -2.20. The van der Waals surface area contributed by atoms with E-state index in [1.165, 1.54) is 0 Å². The first-order valence-electron chi connectivity index (χ1n) is 4.08. The average molecular weight is 172 g/mol. The highest BCUT2D eigenvalue weighted by Crippen LogP contribution is 2.15. The topological polar surface area (TPSA) is 63.6 Å². The van der Waals surface area contributed by atoms with E-state index in [-0.39, 0.29) is 12.5 Å². The molecule has 1 rings (SSSR count). The molecule has 0 aromatic carbocycles. The Bertz CT molecular complexity index is 181. The van der Waals surface area contributed by atoms with E-state index in [0.29, 0.717) is 6.61 Å². The van der Waals surface area contributed by atoms with Crippen molar-refractivity contribution in [3.05, 3.63) is 0 Å². The summed E-state index contributed by atoms with van der Waals surface area (Å²) >= 11 is 0. The van der Waals surface area contributed by atoms with Crippen LogP contribution in [-0.4, -0.2) is 29.6 Å². The second kappa shape index (κ2) is 4.21. The van der Waals surface area contributed by atoms with Crippen molar-refractivity contribution < 1.29 is 19.4 Å². The van der Waals surface area contributed by atoms with E-state index in [1.807, 2.05) is 0 Å². The molecule has 0 spiro atoms. The monoisotopic (exact) mass is 172 g/mol. The summed E-state index contributed by atoms with van der Waals surface area (Å²) in [6.07, 6.45) is 2.70. The number of carboxylic acids is 1. The van der Waals surface area contributed by atoms with Crippen molar-refractivity contribution in [2.45, 2.75) is 31.8 Å². The highest BCUT2D eigenvalue weighted by molar-refractivity contribution is 6.32. The fourth-order valence-electron chi connectivity index (χ4n) is 1.26. The van der Waals surface area contributed by atoms with Crippen molar-refractivity contribution >= 4 is 11.8 Å². The second-order valence-electron chi connectivity index (χ2n) is 2.92. The van der Waals surface area contributed by atoms with E-state index in [4.69, 9.17) is 9.84 Å². The van der Waals surface area contributed by atoms with Gasteiger partial charge in [0.25, 0.3) is 0 Å². The Labute approximate surface area is 70.5 Å². The van der Waals surface area contributed by atoms with Crippen LogP contribution in [0.2, 0.25) is 0 Å². The van der Waals surface area contributed by atoms with Crippen molar-refractivity contribution in [3.63, 3.8) is 0 Å². The van der Waals surface area contributed by atoms with Gasteiger partial charge >= 0.3 is 5.97 Å². The first-order chi connectivity index (χ1) is 5.70. The molecule has 4 heteroatoms. The normalized spacial score (nSPS) is 23.5. The van der Waals surface area contributed by atoms with Crippen LogP contribution in [0, 0.1) is 0 Å². The molecule has 1 atom stereocenters. The van der Waals surface area contributed by atoms with Gasteiger partial charge in [-0.3, -0.25) is 4.79 Å². The van der Waals surface area contributed by atoms with E-state index >= 15 is 0 Å². The summed E-state index contributed by atoms with van der Waals surface area (Å²) in [4.78, 5) is 20.9. The molecular formula is C8H12O4. The van der Waals surface area contributed by atoms with Gasteiger partial charge in [-0.15, -0.1) is 0 Å². The Hall–Kier alpha value is -0.900. The summed E-state index contributed by atoms with van der Waals surface area (Å²) in [5.74, 6) is -2.11. The zero-order valence-electron chi connectivity index (χ0n) is 6.78. The van der Waals surface area contributed by atoms with E-state index in [9.17, 15) is 9.59 Å². The highest BCUT2D eigenvalue weighted by atomic mass is 16.5. The maximum absolute atomic E-state index is 10.7. The molecule has 4 nitrogen and oxygen atoms in total. The zero-order valence-corrected chi connectivity index (χ0v) is 6.78. The minimum atomic E-state index is -1.36. The second-order valence-corrected chi connectivity index (χ2v) is 2.92. The molecule has 1 saturated heterocycles. The van der Waals surface area contributed by atoms with Crippen molar-refractivity contribution in [1.82, 2.24) is 0 Å². The molecule has 0 aliphatic carbocycles. The third-order valence-corrected chi connectivity index (χ3v) is 1.93. The van der Waals surface area contributed by atoms with Crippen LogP contribution in [-0.2, 0) is 14.3 Å². The summed E-state index contributed by atoms with van der Waals surface area (Å²) in [7, 11) is 0. The van der Waals surface area contributed by atoms with E-state index in [0.717, 1.165) is 19.3 Å². The third-order valence-electron chi connectivity index (χ3n) is 1.93. The van der Waals surface area contributed by atoms with Crippen molar-refractivity contribution in [2.75, 3.05) is 6.61 Å². The Morgan fingerprint density at radius 2 is 2.17 bits per heavy atom. The number of Topliss-reactive ketones (excluding diaryl/α,β-unsaturated/α-hetero) is 1. The molecule has 0 radical (unpaired) electrons. The van der Waals surface area contributed by atoms with Crippen LogP contribution in [0.25, 0.3) is 0 Å². The van der Waals surface area contributed by atoms with Gasteiger partial charge < -0.3 is 9.84 Å². The first-order valence-corrected chi connectivity index (χ1v) is 4.08. The number of carbonyl (C=O) groups excluding carboxylic acids is 1. The van der Waals surface area contributed by atoms with Crippen LogP contribution in [0.15, 0.2) is 0 Å². The number of ketones is 1. The van der Waals surface area contributed by atoms with Crippen LogP contribution >= 0.6 is 0 Å². The standard InChI is InChI=1S/C8H12O4/c9-7(8(10)11)5-6-3-1-2-4-12-6/h6H,1-5H2,(H,10,11). The van der Waals surface area contributed by atoms with Gasteiger partial charge in [0.2, 0.25) is 5.78 Å². The van der Waals surface area contributed by atoms with E-state index in [2.05, 4.69) is 0 Å². The molecule has 0 aromatic heterocycles. The van der Waals surface area contributed by atoms with Crippen molar-refractivity contribution in [3.8, 4) is 0 Å². The molecule has 1 unspecified atom stereocenters. The lowest BCUT2D eigenvalue weighted by atomic mass is 10.0. The van der Waals surface area contributed by atoms with E-state index < -0.39 is 11.8 Å². The molecule has 1 aliphatic rings. The van der Waals surface area contributed by atoms with Crippen molar-refractivity contribution in [1.29, 1.82) is 0 Å². The molecule has 1 N–H and O–H groups in total. The molecule has 0 bridgehead atoms. The minimum Gasteiger partial charge on any atom is -0.475 e. The number of rotatable bonds is 3. The summed E-state index contributed by atoms with van der Waals surface area (Å²) in [5.41, 5.74) is 0. The van der Waals surface area contributed by atoms with Gasteiger partial charge in [0.05, 0.1) is 6.10 Å². The van der Waals surface area contributed by atoms with Crippen LogP contribution in [0.1, 0.15) is 25.7 Å². The number of ether oxygens (including phenoxy) is 1. The van der Waals surface area contributed by atoms with Gasteiger partial charge in [0.1, 0.15) is 0 Å². The summed E-state index contributed by atoms with van der Waals surface area (Å²) in [6, 6.07) is 0. The maximum Gasteiger partial charge on any atom is 0.372 e. The van der Waals surface area contributed by atoms with Gasteiger partial charge in [-0.25, -0.2) is 4.79 Å². The van der Waals surface area contributed by atoms with Gasteiger partial charge in [0.15, 0.2) is 0 Å². The molecule has 0 saturated carbocycles. The number of hydrogen-bond acceptors (Lipinski definition) is 3. The fraction of sp³-hybridized carbons (Fsp3) is 0.750. The molecule has 1 heterocycles. The minimum absolute atomic E-state index is 0.0231. The molecule has 1 fully saturated rings. The van der Waals surface area contributed by atoms with Gasteiger partial charge in [0, 0.05) is 13.0 Å². The lowest BCUT2D eigenvalue weighted by Crippen LogP contribution is -2.25. The van der Waals surface area contributed by atoms with Gasteiger partial charge in [-0.1, -0.05) is 0 Å². The predicted octanol–water partition coefficient (Wildman–Crippen LogP) is 0.599. The molecule has 68 valence electrons. The largest absolute Gasteiger partial charge is 0.475 e. The van der Waals surface area contributed by atoms with Crippen LogP contribution < -0.4 is 0 Å². The Kier molecular flexibility index (Phi) is 3.22. The number of carboxylic acid groups (broad SMARTS) is 1. The lowest BCUT2D eigenvalue weighted by molar-refractivity contribution is -0.150. The molecule has 0 amide bonds. The number of carbonyl (C=O) groups is 2. The Morgan fingerprint density at radius 3 is 2.67 bits per heavy atom. The van der Waals surface area contributed by atoms with Crippen LogP contribution in [0.3, 0.4) is 0 Å². The van der Waals surface area contributed by atoms with Gasteiger partial charge in [-0.2, -0.15) is 0 Å². The highest BCUT2D eigenvalue weighted by Gasteiger charge is 2.21. The molecular weight excluding hydrogens is 160 g/mol. The van der Waals surface area contributed by atoms with Gasteiger partial charge in [-0.05, 0) is 19.3 Å². The molecule has 12 heavy (non-hydrogen) atoms. The maximum atomic E-state index is 10.7. The molecule has 0 aromatic rings. The summed E-state index contributed by atoms with van der Waals surface area (Å²) in [5, 5.41) is 8.31. The van der Waals surface area contributed by atoms with E-state index in [1.54, 1.807) is 0 Å². The Morgan fingerprint density at radius 1 is 1.42 bits per heavy atom. The summed E-state index contributed by atoms with van der Waals surface area (Å²) in [6.45, 7) is 0.650. The van der Waals surface area contributed by atoms with Crippen molar-refractivity contribution in [2.24, 2.45) is 0 Å². The Balaban J connectivity index is 2.29. The SMILES string of the molecule is O=C(O)C(=O)CC1CCCCO1. The predicted molar refractivity (Wildman–Crippen MR) is 40.9 cm³/mol.